The number of anilines is 1. The van der Waals surface area contributed by atoms with Crippen LogP contribution in [0.2, 0.25) is 0 Å². The summed E-state index contributed by atoms with van der Waals surface area (Å²) in [4.78, 5) is 17.7. The maximum atomic E-state index is 13.1. The van der Waals surface area contributed by atoms with Gasteiger partial charge in [0.05, 0.1) is 11.8 Å². The first-order valence-corrected chi connectivity index (χ1v) is 12.4. The molecular weight excluding hydrogens is 412 g/mol. The first-order chi connectivity index (χ1) is 14.9. The van der Waals surface area contributed by atoms with E-state index < -0.39 is 10.0 Å². The molecule has 2 aromatic rings. The van der Waals surface area contributed by atoms with Crippen LogP contribution in [0.15, 0.2) is 54.6 Å². The van der Waals surface area contributed by atoms with Crippen LogP contribution in [-0.2, 0) is 10.0 Å². The van der Waals surface area contributed by atoms with Gasteiger partial charge in [-0.25, -0.2) is 8.42 Å². The zero-order valence-electron chi connectivity index (χ0n) is 18.3. The van der Waals surface area contributed by atoms with Gasteiger partial charge in [0, 0.05) is 44.0 Å². The maximum absolute atomic E-state index is 13.1. The van der Waals surface area contributed by atoms with Crippen molar-refractivity contribution in [3.63, 3.8) is 0 Å². The van der Waals surface area contributed by atoms with E-state index in [1.807, 2.05) is 37.3 Å². The van der Waals surface area contributed by atoms with Crippen LogP contribution in [0, 0.1) is 0 Å². The predicted molar refractivity (Wildman–Crippen MR) is 125 cm³/mol. The normalized spacial score (nSPS) is 16.6. The third-order valence-corrected chi connectivity index (χ3v) is 6.91. The Morgan fingerprint density at radius 3 is 2.42 bits per heavy atom. The monoisotopic (exact) mass is 444 g/mol. The smallest absolute Gasteiger partial charge is 0.251 e. The lowest BCUT2D eigenvalue weighted by Crippen LogP contribution is -2.47. The van der Waals surface area contributed by atoms with Crippen molar-refractivity contribution < 1.29 is 13.2 Å². The minimum atomic E-state index is -3.41. The summed E-state index contributed by atoms with van der Waals surface area (Å²) < 4.78 is 26.7. The van der Waals surface area contributed by atoms with Crippen molar-refractivity contribution in [3.05, 3.63) is 65.7 Å². The summed E-state index contributed by atoms with van der Waals surface area (Å²) in [5.74, 6) is -0.177. The molecule has 8 heteroatoms. The fraction of sp³-hybridized carbons (Fsp3) is 0.435. The minimum Gasteiger partial charge on any atom is -0.344 e. The number of sulfonamides is 1. The Morgan fingerprint density at radius 1 is 1.03 bits per heavy atom. The van der Waals surface area contributed by atoms with E-state index in [1.165, 1.54) is 0 Å². The molecule has 0 spiro atoms. The Morgan fingerprint density at radius 2 is 1.74 bits per heavy atom. The van der Waals surface area contributed by atoms with Gasteiger partial charge in [0.15, 0.2) is 0 Å². The van der Waals surface area contributed by atoms with Crippen LogP contribution in [-0.4, -0.2) is 69.6 Å². The lowest BCUT2D eigenvalue weighted by Gasteiger charge is -2.35. The quantitative estimate of drug-likeness (QED) is 0.621. The number of nitrogens with zero attached hydrogens (tertiary/aromatic N) is 2. The van der Waals surface area contributed by atoms with E-state index in [2.05, 4.69) is 26.9 Å². The molecule has 2 N–H and O–H groups in total. The molecule has 0 bridgehead atoms. The number of likely N-dealkylation sites (N-methyl/N-ethyl adjacent to an activating group) is 1. The molecule has 1 unspecified atom stereocenters. The highest BCUT2D eigenvalue weighted by Gasteiger charge is 2.22. The molecule has 2 aromatic carbocycles. The molecule has 0 radical (unpaired) electrons. The molecule has 0 saturated carbocycles. The van der Waals surface area contributed by atoms with Crippen molar-refractivity contribution in [1.29, 1.82) is 0 Å². The molecule has 1 fully saturated rings. The van der Waals surface area contributed by atoms with Gasteiger partial charge in [-0.3, -0.25) is 14.4 Å². The van der Waals surface area contributed by atoms with Crippen LogP contribution in [0.1, 0.15) is 35.3 Å². The van der Waals surface area contributed by atoms with Gasteiger partial charge in [-0.05, 0) is 37.2 Å². The molecule has 168 valence electrons. The maximum Gasteiger partial charge on any atom is 0.251 e. The van der Waals surface area contributed by atoms with Crippen LogP contribution in [0.25, 0.3) is 0 Å². The average molecular weight is 445 g/mol. The molecule has 1 saturated heterocycles. The second-order valence-corrected chi connectivity index (χ2v) is 9.88. The van der Waals surface area contributed by atoms with E-state index in [-0.39, 0.29) is 17.7 Å². The number of piperazine rings is 1. The van der Waals surface area contributed by atoms with Crippen molar-refractivity contribution in [1.82, 2.24) is 15.1 Å². The third-order valence-electron chi connectivity index (χ3n) is 5.41. The van der Waals surface area contributed by atoms with Crippen LogP contribution < -0.4 is 10.0 Å². The van der Waals surface area contributed by atoms with E-state index >= 15 is 0 Å². The SMILES string of the molecule is CCCS(=O)(=O)Nc1cccc(C(=O)NC(CN2CCN(C)CC2)c2ccccc2)c1. The highest BCUT2D eigenvalue weighted by atomic mass is 32.2. The molecule has 0 aromatic heterocycles. The fourth-order valence-corrected chi connectivity index (χ4v) is 4.80. The van der Waals surface area contributed by atoms with Gasteiger partial charge in [-0.2, -0.15) is 0 Å². The standard InChI is InChI=1S/C23H32N4O3S/c1-3-16-31(29,30)25-21-11-7-10-20(17-21)23(28)24-22(19-8-5-4-6-9-19)18-27-14-12-26(2)13-15-27/h4-11,17,22,25H,3,12-16,18H2,1-2H3,(H,24,28). The summed E-state index contributed by atoms with van der Waals surface area (Å²) in [6.07, 6.45) is 0.528. The summed E-state index contributed by atoms with van der Waals surface area (Å²) in [5.41, 5.74) is 1.88. The summed E-state index contributed by atoms with van der Waals surface area (Å²) in [6, 6.07) is 16.4. The Bertz CT molecular complexity index is 958. The Balaban J connectivity index is 1.73. The highest BCUT2D eigenvalue weighted by molar-refractivity contribution is 7.92. The lowest BCUT2D eigenvalue weighted by atomic mass is 10.0. The Labute approximate surface area is 185 Å². The van der Waals surface area contributed by atoms with Crippen molar-refractivity contribution in [2.24, 2.45) is 0 Å². The first-order valence-electron chi connectivity index (χ1n) is 10.7. The number of amides is 1. The van der Waals surface area contributed by atoms with Crippen LogP contribution >= 0.6 is 0 Å². The Kier molecular flexibility index (Phi) is 8.06. The summed E-state index contributed by atoms with van der Waals surface area (Å²) in [5, 5.41) is 3.15. The molecule has 1 atom stereocenters. The topological polar surface area (TPSA) is 81.7 Å². The second kappa shape index (κ2) is 10.7. The zero-order valence-corrected chi connectivity index (χ0v) is 19.1. The highest BCUT2D eigenvalue weighted by Crippen LogP contribution is 2.18. The van der Waals surface area contributed by atoms with E-state index in [0.717, 1.165) is 38.3 Å². The van der Waals surface area contributed by atoms with E-state index in [4.69, 9.17) is 0 Å². The van der Waals surface area contributed by atoms with Gasteiger partial charge in [0.25, 0.3) is 5.91 Å². The fourth-order valence-electron chi connectivity index (χ4n) is 3.67. The molecule has 31 heavy (non-hydrogen) atoms. The van der Waals surface area contributed by atoms with Gasteiger partial charge in [0.2, 0.25) is 10.0 Å². The molecule has 1 heterocycles. The number of carbonyl (C=O) groups excluding carboxylic acids is 1. The molecule has 3 rings (SSSR count). The molecule has 1 aliphatic rings. The number of rotatable bonds is 9. The van der Waals surface area contributed by atoms with Gasteiger partial charge >= 0.3 is 0 Å². The van der Waals surface area contributed by atoms with Crippen LogP contribution in [0.5, 0.6) is 0 Å². The number of benzene rings is 2. The molecule has 7 nitrogen and oxygen atoms in total. The number of hydrogen-bond acceptors (Lipinski definition) is 5. The van der Waals surface area contributed by atoms with Gasteiger partial charge in [-0.15, -0.1) is 0 Å². The summed E-state index contributed by atoms with van der Waals surface area (Å²) >= 11 is 0. The van der Waals surface area contributed by atoms with Crippen molar-refractivity contribution >= 4 is 21.6 Å². The molecular formula is C23H32N4O3S. The lowest BCUT2D eigenvalue weighted by molar-refractivity contribution is 0.0907. The number of carbonyl (C=O) groups is 1. The Hall–Kier alpha value is -2.42. The van der Waals surface area contributed by atoms with Crippen molar-refractivity contribution in [2.45, 2.75) is 19.4 Å². The van der Waals surface area contributed by atoms with Gasteiger partial charge in [-0.1, -0.05) is 43.3 Å². The van der Waals surface area contributed by atoms with E-state index in [1.54, 1.807) is 24.3 Å². The van der Waals surface area contributed by atoms with Crippen molar-refractivity contribution in [2.75, 3.05) is 50.2 Å². The van der Waals surface area contributed by atoms with Crippen LogP contribution in [0.4, 0.5) is 5.69 Å². The minimum absolute atomic E-state index is 0.0462. The zero-order chi connectivity index (χ0) is 22.3. The summed E-state index contributed by atoms with van der Waals surface area (Å²) in [7, 11) is -1.29. The third kappa shape index (κ3) is 7.05. The molecule has 1 amide bonds. The number of nitrogens with one attached hydrogen (secondary N) is 2. The van der Waals surface area contributed by atoms with Crippen molar-refractivity contribution in [3.8, 4) is 0 Å². The average Bonchev–Trinajstić information content (AvgIpc) is 2.75. The molecule has 1 aliphatic heterocycles. The van der Waals surface area contributed by atoms with E-state index in [0.29, 0.717) is 17.7 Å². The first kappa shape index (κ1) is 23.2. The van der Waals surface area contributed by atoms with Gasteiger partial charge < -0.3 is 10.2 Å². The second-order valence-electron chi connectivity index (χ2n) is 8.04. The predicted octanol–water partition coefficient (Wildman–Crippen LogP) is 2.56. The number of hydrogen-bond donors (Lipinski definition) is 2. The largest absolute Gasteiger partial charge is 0.344 e. The van der Waals surface area contributed by atoms with Gasteiger partial charge in [0.1, 0.15) is 0 Å². The van der Waals surface area contributed by atoms with E-state index in [9.17, 15) is 13.2 Å². The molecule has 0 aliphatic carbocycles. The summed E-state index contributed by atoms with van der Waals surface area (Å²) in [6.45, 7) is 6.49. The van der Waals surface area contributed by atoms with Crippen LogP contribution in [0.3, 0.4) is 0 Å².